The average molecular weight is 410 g/mol. The summed E-state index contributed by atoms with van der Waals surface area (Å²) < 4.78 is 46.6. The standard InChI is InChI=1S/C19H15ClF3N3O2/c1-19(22,23)16-7-5-12(28-16)11-26-10-9-17(25-26)24-18(27)8-6-13-14(20)3-2-4-15(13)21/h2-10H,11H2,1H3,(H,24,25,27). The normalized spacial score (nSPS) is 11.9. The Labute approximate surface area is 163 Å². The smallest absolute Gasteiger partial charge is 0.301 e. The predicted octanol–water partition coefficient (Wildman–Crippen LogP) is 5.08. The highest BCUT2D eigenvalue weighted by Gasteiger charge is 2.28. The largest absolute Gasteiger partial charge is 0.458 e. The summed E-state index contributed by atoms with van der Waals surface area (Å²) in [6.45, 7) is 0.867. The number of carbonyl (C=O) groups is 1. The van der Waals surface area contributed by atoms with Crippen LogP contribution in [0, 0.1) is 5.82 Å². The van der Waals surface area contributed by atoms with Gasteiger partial charge in [-0.05, 0) is 30.3 Å². The highest BCUT2D eigenvalue weighted by atomic mass is 35.5. The first-order valence-corrected chi connectivity index (χ1v) is 8.54. The number of alkyl halides is 2. The van der Waals surface area contributed by atoms with E-state index in [1.54, 1.807) is 6.20 Å². The van der Waals surface area contributed by atoms with Crippen LogP contribution in [0.2, 0.25) is 5.02 Å². The molecule has 0 bridgehead atoms. The van der Waals surface area contributed by atoms with Gasteiger partial charge in [0, 0.05) is 30.8 Å². The van der Waals surface area contributed by atoms with Gasteiger partial charge in [0.2, 0.25) is 5.91 Å². The van der Waals surface area contributed by atoms with Crippen LogP contribution < -0.4 is 5.32 Å². The summed E-state index contributed by atoms with van der Waals surface area (Å²) in [5, 5.41) is 6.81. The third-order valence-corrected chi connectivity index (χ3v) is 4.03. The number of furan rings is 1. The number of amides is 1. The summed E-state index contributed by atoms with van der Waals surface area (Å²) in [5.74, 6) is -4.03. The van der Waals surface area contributed by atoms with Gasteiger partial charge < -0.3 is 9.73 Å². The third-order valence-electron chi connectivity index (χ3n) is 3.71. The Morgan fingerprint density at radius 2 is 2.11 bits per heavy atom. The first kappa shape index (κ1) is 19.8. The van der Waals surface area contributed by atoms with E-state index in [2.05, 4.69) is 10.4 Å². The van der Waals surface area contributed by atoms with Crippen molar-refractivity contribution in [3.63, 3.8) is 0 Å². The van der Waals surface area contributed by atoms with Crippen molar-refractivity contribution in [2.24, 2.45) is 0 Å². The number of halogens is 4. The molecule has 0 aliphatic rings. The lowest BCUT2D eigenvalue weighted by Gasteiger charge is -2.05. The number of carbonyl (C=O) groups excluding carboxylic acids is 1. The van der Waals surface area contributed by atoms with Gasteiger partial charge >= 0.3 is 5.92 Å². The van der Waals surface area contributed by atoms with Crippen molar-refractivity contribution in [1.29, 1.82) is 0 Å². The molecule has 0 unspecified atom stereocenters. The fourth-order valence-electron chi connectivity index (χ4n) is 2.37. The molecule has 0 fully saturated rings. The van der Waals surface area contributed by atoms with Crippen LogP contribution in [0.25, 0.3) is 6.08 Å². The molecule has 0 radical (unpaired) electrons. The molecule has 0 aliphatic carbocycles. The lowest BCUT2D eigenvalue weighted by atomic mass is 10.2. The number of hydrogen-bond donors (Lipinski definition) is 1. The van der Waals surface area contributed by atoms with E-state index >= 15 is 0 Å². The van der Waals surface area contributed by atoms with Crippen LogP contribution >= 0.6 is 11.6 Å². The molecule has 5 nitrogen and oxygen atoms in total. The maximum absolute atomic E-state index is 13.7. The molecule has 9 heteroatoms. The molecule has 146 valence electrons. The number of benzene rings is 1. The molecule has 0 atom stereocenters. The van der Waals surface area contributed by atoms with Gasteiger partial charge in [0.25, 0.3) is 0 Å². The molecule has 0 saturated heterocycles. The second-order valence-corrected chi connectivity index (χ2v) is 6.42. The van der Waals surface area contributed by atoms with Crippen molar-refractivity contribution in [3.05, 3.63) is 76.6 Å². The van der Waals surface area contributed by atoms with Crippen LogP contribution in [-0.4, -0.2) is 15.7 Å². The SMILES string of the molecule is CC(F)(F)c1ccc(Cn2ccc(NC(=O)C=Cc3c(F)cccc3Cl)n2)o1. The molecule has 0 saturated carbocycles. The second kappa shape index (κ2) is 7.93. The Morgan fingerprint density at radius 1 is 1.32 bits per heavy atom. The Kier molecular flexibility index (Phi) is 5.60. The van der Waals surface area contributed by atoms with Crippen LogP contribution in [0.1, 0.15) is 24.0 Å². The Balaban J connectivity index is 1.62. The fourth-order valence-corrected chi connectivity index (χ4v) is 2.60. The number of anilines is 1. The number of nitrogens with zero attached hydrogens (tertiary/aromatic N) is 2. The van der Waals surface area contributed by atoms with Gasteiger partial charge in [0.05, 0.1) is 11.6 Å². The van der Waals surface area contributed by atoms with E-state index in [1.807, 2.05) is 0 Å². The molecule has 0 spiro atoms. The molecule has 1 amide bonds. The van der Waals surface area contributed by atoms with Gasteiger partial charge in [0.15, 0.2) is 11.6 Å². The minimum atomic E-state index is -3.06. The van der Waals surface area contributed by atoms with Crippen LogP contribution in [-0.2, 0) is 17.3 Å². The zero-order chi connectivity index (χ0) is 20.3. The van der Waals surface area contributed by atoms with E-state index in [1.165, 1.54) is 47.2 Å². The number of nitrogens with one attached hydrogen (secondary N) is 1. The van der Waals surface area contributed by atoms with Gasteiger partial charge in [-0.1, -0.05) is 17.7 Å². The quantitative estimate of drug-likeness (QED) is 0.577. The van der Waals surface area contributed by atoms with Crippen molar-refractivity contribution < 1.29 is 22.4 Å². The van der Waals surface area contributed by atoms with Crippen molar-refractivity contribution in [3.8, 4) is 0 Å². The topological polar surface area (TPSA) is 60.1 Å². The first-order chi connectivity index (χ1) is 13.2. The van der Waals surface area contributed by atoms with E-state index < -0.39 is 23.4 Å². The summed E-state index contributed by atoms with van der Waals surface area (Å²) in [7, 11) is 0. The molecule has 28 heavy (non-hydrogen) atoms. The summed E-state index contributed by atoms with van der Waals surface area (Å²) >= 11 is 5.89. The van der Waals surface area contributed by atoms with E-state index in [0.29, 0.717) is 5.76 Å². The Hall–Kier alpha value is -3.00. The Morgan fingerprint density at radius 3 is 2.79 bits per heavy atom. The molecular formula is C19H15ClF3N3O2. The highest BCUT2D eigenvalue weighted by Crippen LogP contribution is 2.28. The molecule has 0 aliphatic heterocycles. The fraction of sp³-hybridized carbons (Fsp3) is 0.158. The summed E-state index contributed by atoms with van der Waals surface area (Å²) in [5.41, 5.74) is 0.103. The molecule has 3 aromatic rings. The van der Waals surface area contributed by atoms with Crippen molar-refractivity contribution in [2.75, 3.05) is 5.32 Å². The lowest BCUT2D eigenvalue weighted by molar-refractivity contribution is -0.111. The van der Waals surface area contributed by atoms with E-state index in [-0.39, 0.29) is 22.9 Å². The number of rotatable bonds is 6. The second-order valence-electron chi connectivity index (χ2n) is 6.01. The van der Waals surface area contributed by atoms with Gasteiger partial charge in [0.1, 0.15) is 11.6 Å². The maximum atomic E-state index is 13.7. The lowest BCUT2D eigenvalue weighted by Crippen LogP contribution is -2.09. The maximum Gasteiger partial charge on any atom is 0.301 e. The monoisotopic (exact) mass is 409 g/mol. The van der Waals surface area contributed by atoms with Crippen molar-refractivity contribution >= 4 is 29.4 Å². The molecule has 2 heterocycles. The van der Waals surface area contributed by atoms with E-state index in [9.17, 15) is 18.0 Å². The molecule has 2 aromatic heterocycles. The van der Waals surface area contributed by atoms with Crippen LogP contribution in [0.4, 0.5) is 19.0 Å². The molecule has 3 rings (SSSR count). The summed E-state index contributed by atoms with van der Waals surface area (Å²) in [6, 6.07) is 8.39. The summed E-state index contributed by atoms with van der Waals surface area (Å²) in [6.07, 6.45) is 3.95. The molecule has 1 aromatic carbocycles. The molecular weight excluding hydrogens is 395 g/mol. The van der Waals surface area contributed by atoms with Gasteiger partial charge in [-0.25, -0.2) is 4.39 Å². The Bertz CT molecular complexity index is 1000. The van der Waals surface area contributed by atoms with Crippen LogP contribution in [0.5, 0.6) is 0 Å². The number of hydrogen-bond acceptors (Lipinski definition) is 3. The average Bonchev–Trinajstić information content (AvgIpc) is 3.24. The highest BCUT2D eigenvalue weighted by molar-refractivity contribution is 6.32. The molecule has 1 N–H and O–H groups in total. The van der Waals surface area contributed by atoms with E-state index in [0.717, 1.165) is 13.0 Å². The van der Waals surface area contributed by atoms with Gasteiger partial charge in [-0.15, -0.1) is 0 Å². The van der Waals surface area contributed by atoms with Crippen molar-refractivity contribution in [1.82, 2.24) is 9.78 Å². The van der Waals surface area contributed by atoms with Crippen LogP contribution in [0.15, 0.2) is 53.1 Å². The number of aromatic nitrogens is 2. The van der Waals surface area contributed by atoms with Gasteiger partial charge in [-0.3, -0.25) is 9.48 Å². The minimum absolute atomic E-state index is 0.103. The van der Waals surface area contributed by atoms with Crippen LogP contribution in [0.3, 0.4) is 0 Å². The first-order valence-electron chi connectivity index (χ1n) is 8.16. The van der Waals surface area contributed by atoms with E-state index in [4.69, 9.17) is 16.0 Å². The van der Waals surface area contributed by atoms with Gasteiger partial charge in [-0.2, -0.15) is 13.9 Å². The zero-order valence-corrected chi connectivity index (χ0v) is 15.4. The zero-order valence-electron chi connectivity index (χ0n) is 14.6. The van der Waals surface area contributed by atoms with Crippen molar-refractivity contribution in [2.45, 2.75) is 19.4 Å². The predicted molar refractivity (Wildman–Crippen MR) is 98.7 cm³/mol. The minimum Gasteiger partial charge on any atom is -0.458 e. The summed E-state index contributed by atoms with van der Waals surface area (Å²) in [4.78, 5) is 12.0. The third kappa shape index (κ3) is 4.83.